The van der Waals surface area contributed by atoms with E-state index in [1.165, 1.54) is 13.2 Å². The first-order chi connectivity index (χ1) is 8.54. The Morgan fingerprint density at radius 1 is 1.50 bits per heavy atom. The van der Waals surface area contributed by atoms with Gasteiger partial charge >= 0.3 is 0 Å². The van der Waals surface area contributed by atoms with Crippen LogP contribution in [0.2, 0.25) is 0 Å². The number of thioether (sulfide) groups is 1. The molecular formula is C13H21FN2OS. The fraction of sp³-hybridized carbons (Fsp3) is 0.538. The molecule has 1 unspecified atom stereocenters. The highest BCUT2D eigenvalue weighted by molar-refractivity contribution is 7.98. The average molecular weight is 272 g/mol. The lowest BCUT2D eigenvalue weighted by molar-refractivity contribution is 0.386. The van der Waals surface area contributed by atoms with Gasteiger partial charge in [0, 0.05) is 31.0 Å². The van der Waals surface area contributed by atoms with Gasteiger partial charge in [-0.1, -0.05) is 6.92 Å². The second-order valence-corrected chi connectivity index (χ2v) is 5.08. The molecule has 1 atom stereocenters. The molecule has 5 heteroatoms. The second kappa shape index (κ2) is 6.73. The third-order valence-corrected chi connectivity index (χ3v) is 3.78. The number of anilines is 2. The fourth-order valence-electron chi connectivity index (χ4n) is 1.91. The molecule has 0 amide bonds. The molecule has 0 aromatic heterocycles. The summed E-state index contributed by atoms with van der Waals surface area (Å²) in [4.78, 5) is 2.09. The largest absolute Gasteiger partial charge is 0.494 e. The highest BCUT2D eigenvalue weighted by atomic mass is 32.2. The summed E-state index contributed by atoms with van der Waals surface area (Å²) in [5.41, 5.74) is 7.14. The zero-order valence-corrected chi connectivity index (χ0v) is 12.2. The summed E-state index contributed by atoms with van der Waals surface area (Å²) in [5, 5.41) is 0. The molecule has 0 radical (unpaired) electrons. The zero-order chi connectivity index (χ0) is 13.7. The lowest BCUT2D eigenvalue weighted by Gasteiger charge is -2.30. The second-order valence-electron chi connectivity index (χ2n) is 4.17. The molecule has 102 valence electrons. The van der Waals surface area contributed by atoms with E-state index in [1.54, 1.807) is 17.8 Å². The molecular weight excluding hydrogens is 251 g/mol. The van der Waals surface area contributed by atoms with Crippen molar-refractivity contribution in [1.29, 1.82) is 0 Å². The lowest BCUT2D eigenvalue weighted by Crippen LogP contribution is -2.33. The summed E-state index contributed by atoms with van der Waals surface area (Å²) >= 11 is 1.79. The number of hydrogen-bond donors (Lipinski definition) is 1. The topological polar surface area (TPSA) is 38.5 Å². The van der Waals surface area contributed by atoms with Gasteiger partial charge in [0.05, 0.1) is 18.5 Å². The summed E-state index contributed by atoms with van der Waals surface area (Å²) < 4.78 is 18.5. The standard InChI is InChI=1S/C13H21FN2OS/c1-5-9(8-18-4)16(2)12-7-13(17-3)10(14)6-11(12)15/h6-7,9H,5,8,15H2,1-4H3. The highest BCUT2D eigenvalue weighted by Gasteiger charge is 2.17. The van der Waals surface area contributed by atoms with Gasteiger partial charge in [0.1, 0.15) is 0 Å². The van der Waals surface area contributed by atoms with Crippen LogP contribution in [0.15, 0.2) is 12.1 Å². The summed E-state index contributed by atoms with van der Waals surface area (Å²) in [6.07, 6.45) is 3.08. The van der Waals surface area contributed by atoms with E-state index in [4.69, 9.17) is 10.5 Å². The van der Waals surface area contributed by atoms with Crippen molar-refractivity contribution in [3.8, 4) is 5.75 Å². The van der Waals surface area contributed by atoms with Crippen molar-refractivity contribution >= 4 is 23.1 Å². The molecule has 0 spiro atoms. The minimum absolute atomic E-state index is 0.227. The predicted octanol–water partition coefficient (Wildman–Crippen LogP) is 2.99. The molecule has 0 heterocycles. The maximum Gasteiger partial charge on any atom is 0.167 e. The molecule has 0 fully saturated rings. The first kappa shape index (κ1) is 15.0. The highest BCUT2D eigenvalue weighted by Crippen LogP contribution is 2.32. The number of rotatable bonds is 6. The van der Waals surface area contributed by atoms with Gasteiger partial charge in [-0.05, 0) is 12.7 Å². The van der Waals surface area contributed by atoms with Crippen LogP contribution in [0, 0.1) is 5.82 Å². The van der Waals surface area contributed by atoms with E-state index in [2.05, 4.69) is 18.1 Å². The first-order valence-corrected chi connectivity index (χ1v) is 7.29. The van der Waals surface area contributed by atoms with Crippen LogP contribution in [0.3, 0.4) is 0 Å². The van der Waals surface area contributed by atoms with Gasteiger partial charge in [-0.25, -0.2) is 4.39 Å². The van der Waals surface area contributed by atoms with E-state index in [9.17, 15) is 4.39 Å². The number of nitrogen functional groups attached to an aromatic ring is 1. The number of ether oxygens (including phenoxy) is 1. The minimum atomic E-state index is -0.426. The number of methoxy groups -OCH3 is 1. The smallest absolute Gasteiger partial charge is 0.167 e. The summed E-state index contributed by atoms with van der Waals surface area (Å²) in [6.45, 7) is 2.13. The average Bonchev–Trinajstić information content (AvgIpc) is 2.35. The van der Waals surface area contributed by atoms with Crippen LogP contribution in [0.1, 0.15) is 13.3 Å². The maximum atomic E-state index is 13.5. The van der Waals surface area contributed by atoms with Gasteiger partial charge in [-0.3, -0.25) is 0 Å². The van der Waals surface area contributed by atoms with Crippen LogP contribution in [-0.2, 0) is 0 Å². The molecule has 1 rings (SSSR count). The van der Waals surface area contributed by atoms with Crippen LogP contribution in [0.5, 0.6) is 5.75 Å². The molecule has 0 saturated carbocycles. The van der Waals surface area contributed by atoms with Crippen LogP contribution in [0.4, 0.5) is 15.8 Å². The van der Waals surface area contributed by atoms with Crippen LogP contribution in [-0.4, -0.2) is 32.2 Å². The third-order valence-electron chi connectivity index (χ3n) is 3.06. The Labute approximate surface area is 112 Å². The van der Waals surface area contributed by atoms with Crippen molar-refractivity contribution in [2.45, 2.75) is 19.4 Å². The normalized spacial score (nSPS) is 12.3. The Balaban J connectivity index is 3.07. The molecule has 0 saturated heterocycles. The molecule has 0 aliphatic heterocycles. The van der Waals surface area contributed by atoms with Crippen molar-refractivity contribution in [3.63, 3.8) is 0 Å². The number of benzene rings is 1. The first-order valence-electron chi connectivity index (χ1n) is 5.89. The molecule has 0 bridgehead atoms. The quantitative estimate of drug-likeness (QED) is 0.808. The van der Waals surface area contributed by atoms with Gasteiger partial charge in [-0.2, -0.15) is 11.8 Å². The van der Waals surface area contributed by atoms with Crippen LogP contribution < -0.4 is 15.4 Å². The molecule has 2 N–H and O–H groups in total. The van der Waals surface area contributed by atoms with E-state index in [1.807, 2.05) is 7.05 Å². The molecule has 1 aromatic rings. The maximum absolute atomic E-state index is 13.5. The fourth-order valence-corrected chi connectivity index (χ4v) is 2.76. The monoisotopic (exact) mass is 272 g/mol. The van der Waals surface area contributed by atoms with E-state index >= 15 is 0 Å². The van der Waals surface area contributed by atoms with E-state index < -0.39 is 5.82 Å². The van der Waals surface area contributed by atoms with E-state index in [0.29, 0.717) is 11.7 Å². The molecule has 18 heavy (non-hydrogen) atoms. The SMILES string of the molecule is CCC(CSC)N(C)c1cc(OC)c(F)cc1N. The van der Waals surface area contributed by atoms with Crippen molar-refractivity contribution in [3.05, 3.63) is 17.9 Å². The Morgan fingerprint density at radius 2 is 2.17 bits per heavy atom. The van der Waals surface area contributed by atoms with Crippen molar-refractivity contribution < 1.29 is 9.13 Å². The van der Waals surface area contributed by atoms with Crippen LogP contribution in [0.25, 0.3) is 0 Å². The molecule has 1 aromatic carbocycles. The third kappa shape index (κ3) is 3.22. The predicted molar refractivity (Wildman–Crippen MR) is 78.2 cm³/mol. The van der Waals surface area contributed by atoms with Crippen molar-refractivity contribution in [2.24, 2.45) is 0 Å². The number of halogens is 1. The Kier molecular flexibility index (Phi) is 5.59. The van der Waals surface area contributed by atoms with Gasteiger partial charge in [0.15, 0.2) is 11.6 Å². The molecule has 0 aliphatic rings. The zero-order valence-electron chi connectivity index (χ0n) is 11.4. The summed E-state index contributed by atoms with van der Waals surface area (Å²) in [6, 6.07) is 3.35. The van der Waals surface area contributed by atoms with Crippen molar-refractivity contribution in [2.75, 3.05) is 36.8 Å². The molecule has 3 nitrogen and oxygen atoms in total. The Bertz CT molecular complexity index is 401. The number of nitrogens with zero attached hydrogens (tertiary/aromatic N) is 1. The van der Waals surface area contributed by atoms with Crippen molar-refractivity contribution in [1.82, 2.24) is 0 Å². The molecule has 0 aliphatic carbocycles. The minimum Gasteiger partial charge on any atom is -0.494 e. The van der Waals surface area contributed by atoms with Gasteiger partial charge in [-0.15, -0.1) is 0 Å². The number of hydrogen-bond acceptors (Lipinski definition) is 4. The Morgan fingerprint density at radius 3 is 2.67 bits per heavy atom. The van der Waals surface area contributed by atoms with E-state index in [-0.39, 0.29) is 5.75 Å². The summed E-state index contributed by atoms with van der Waals surface area (Å²) in [5.74, 6) is 0.807. The van der Waals surface area contributed by atoms with Gasteiger partial charge in [0.25, 0.3) is 0 Å². The van der Waals surface area contributed by atoms with E-state index in [0.717, 1.165) is 17.9 Å². The number of nitrogens with two attached hydrogens (primary N) is 1. The Hall–Kier alpha value is -1.10. The summed E-state index contributed by atoms with van der Waals surface area (Å²) in [7, 11) is 3.44. The van der Waals surface area contributed by atoms with Crippen LogP contribution >= 0.6 is 11.8 Å². The van der Waals surface area contributed by atoms with Gasteiger partial charge in [0.2, 0.25) is 0 Å². The lowest BCUT2D eigenvalue weighted by atomic mass is 10.1. The van der Waals surface area contributed by atoms with Gasteiger partial charge < -0.3 is 15.4 Å².